The Balaban J connectivity index is 1.73. The number of hydrogen-bond acceptors (Lipinski definition) is 4. The molecule has 0 atom stereocenters. The van der Waals surface area contributed by atoms with Crippen LogP contribution in [-0.2, 0) is 13.1 Å². The Hall–Kier alpha value is -2.05. The molecule has 6 heteroatoms. The van der Waals surface area contributed by atoms with Gasteiger partial charge in [-0.2, -0.15) is 0 Å². The van der Waals surface area contributed by atoms with Crippen molar-refractivity contribution in [1.29, 1.82) is 0 Å². The van der Waals surface area contributed by atoms with Crippen LogP contribution in [0.4, 0.5) is 5.69 Å². The number of hydrogen-bond donors (Lipinski definition) is 2. The van der Waals surface area contributed by atoms with Gasteiger partial charge in [0.05, 0.1) is 12.8 Å². The summed E-state index contributed by atoms with van der Waals surface area (Å²) in [6.45, 7) is 10.4. The van der Waals surface area contributed by atoms with Gasteiger partial charge in [-0.05, 0) is 82.6 Å². The third kappa shape index (κ3) is 6.22. The standard InChI is InChI=1S/C24H36N4OS/c1-23(2)14-19(15-24(3,4)26-23)25-22(30)28(17-21-8-7-13-29-21)16-18-9-11-20(12-10-18)27(5)6/h7-13,19,26H,14-17H2,1-6H3,(H,25,30). The molecule has 1 aromatic heterocycles. The lowest BCUT2D eigenvalue weighted by molar-refractivity contribution is 0.153. The Kier molecular flexibility index (Phi) is 6.78. The minimum Gasteiger partial charge on any atom is -0.467 e. The average Bonchev–Trinajstić information content (AvgIpc) is 3.12. The van der Waals surface area contributed by atoms with E-state index in [9.17, 15) is 0 Å². The normalized spacial score (nSPS) is 18.1. The molecule has 0 bridgehead atoms. The predicted octanol–water partition coefficient (Wildman–Crippen LogP) is 4.53. The van der Waals surface area contributed by atoms with Gasteiger partial charge in [0.1, 0.15) is 5.76 Å². The van der Waals surface area contributed by atoms with Gasteiger partial charge in [-0.3, -0.25) is 0 Å². The molecule has 5 nitrogen and oxygen atoms in total. The minimum absolute atomic E-state index is 0.0723. The zero-order chi connectivity index (χ0) is 21.9. The molecule has 30 heavy (non-hydrogen) atoms. The van der Waals surface area contributed by atoms with Crippen LogP contribution in [0.3, 0.4) is 0 Å². The zero-order valence-corrected chi connectivity index (χ0v) is 20.0. The van der Waals surface area contributed by atoms with Crippen LogP contribution in [0.5, 0.6) is 0 Å². The second-order valence-corrected chi connectivity index (χ2v) is 10.3. The first kappa shape index (κ1) is 22.6. The number of nitrogens with zero attached hydrogens (tertiary/aromatic N) is 2. The van der Waals surface area contributed by atoms with Gasteiger partial charge in [0.25, 0.3) is 0 Å². The first-order valence-corrected chi connectivity index (χ1v) is 11.1. The summed E-state index contributed by atoms with van der Waals surface area (Å²) in [7, 11) is 4.11. The fraction of sp³-hybridized carbons (Fsp3) is 0.542. The Labute approximate surface area is 186 Å². The van der Waals surface area contributed by atoms with Crippen LogP contribution < -0.4 is 15.5 Å². The number of thiocarbonyl (C=S) groups is 1. The van der Waals surface area contributed by atoms with Crippen molar-refractivity contribution in [2.75, 3.05) is 19.0 Å². The highest BCUT2D eigenvalue weighted by atomic mass is 32.1. The number of piperidine rings is 1. The third-order valence-corrected chi connectivity index (χ3v) is 5.93. The molecule has 2 N–H and O–H groups in total. The topological polar surface area (TPSA) is 43.7 Å². The summed E-state index contributed by atoms with van der Waals surface area (Å²) in [6, 6.07) is 12.9. The van der Waals surface area contributed by atoms with Crippen molar-refractivity contribution in [2.24, 2.45) is 0 Å². The second kappa shape index (κ2) is 8.98. The maximum atomic E-state index is 5.89. The Morgan fingerprint density at radius 3 is 2.23 bits per heavy atom. The van der Waals surface area contributed by atoms with Gasteiger partial charge in [0.15, 0.2) is 5.11 Å². The average molecular weight is 429 g/mol. The molecule has 1 aliphatic heterocycles. The van der Waals surface area contributed by atoms with Crippen LogP contribution in [0.1, 0.15) is 51.9 Å². The molecule has 1 fully saturated rings. The zero-order valence-electron chi connectivity index (χ0n) is 19.2. The van der Waals surface area contributed by atoms with Crippen molar-refractivity contribution in [3.8, 4) is 0 Å². The molecule has 0 saturated carbocycles. The Bertz CT molecular complexity index is 811. The highest BCUT2D eigenvalue weighted by Gasteiger charge is 2.38. The van der Waals surface area contributed by atoms with Gasteiger partial charge in [-0.15, -0.1) is 0 Å². The van der Waals surface area contributed by atoms with Crippen LogP contribution in [0, 0.1) is 0 Å². The highest BCUT2D eigenvalue weighted by Crippen LogP contribution is 2.28. The summed E-state index contributed by atoms with van der Waals surface area (Å²) in [5.74, 6) is 0.912. The third-order valence-electron chi connectivity index (χ3n) is 5.56. The van der Waals surface area contributed by atoms with Crippen molar-refractivity contribution < 1.29 is 4.42 Å². The fourth-order valence-corrected chi connectivity index (χ4v) is 4.90. The first-order chi connectivity index (χ1) is 14.0. The molecule has 0 spiro atoms. The highest BCUT2D eigenvalue weighted by molar-refractivity contribution is 7.80. The van der Waals surface area contributed by atoms with Crippen LogP contribution in [0.25, 0.3) is 0 Å². The molecule has 2 aromatic rings. The summed E-state index contributed by atoms with van der Waals surface area (Å²) in [6.07, 6.45) is 3.78. The van der Waals surface area contributed by atoms with E-state index in [-0.39, 0.29) is 11.1 Å². The molecule has 1 aromatic carbocycles. The predicted molar refractivity (Wildman–Crippen MR) is 129 cm³/mol. The lowest BCUT2D eigenvalue weighted by atomic mass is 9.80. The number of benzene rings is 1. The Morgan fingerprint density at radius 2 is 1.70 bits per heavy atom. The molecule has 1 aliphatic rings. The lowest BCUT2D eigenvalue weighted by Gasteiger charge is -2.47. The van der Waals surface area contributed by atoms with Crippen molar-refractivity contribution in [2.45, 2.75) is 70.7 Å². The SMILES string of the molecule is CN(C)c1ccc(CN(Cc2ccco2)C(=S)NC2CC(C)(C)NC(C)(C)C2)cc1. The first-order valence-electron chi connectivity index (χ1n) is 10.7. The summed E-state index contributed by atoms with van der Waals surface area (Å²) < 4.78 is 5.61. The van der Waals surface area contributed by atoms with E-state index in [0.717, 1.165) is 30.3 Å². The van der Waals surface area contributed by atoms with Crippen LogP contribution in [0.2, 0.25) is 0 Å². The van der Waals surface area contributed by atoms with E-state index in [2.05, 4.69) is 86.5 Å². The van der Waals surface area contributed by atoms with Crippen molar-refractivity contribution in [1.82, 2.24) is 15.5 Å². The second-order valence-electron chi connectivity index (χ2n) is 9.94. The van der Waals surface area contributed by atoms with E-state index in [1.54, 1.807) is 6.26 Å². The summed E-state index contributed by atoms with van der Waals surface area (Å²) >= 11 is 5.89. The van der Waals surface area contributed by atoms with E-state index in [0.29, 0.717) is 12.6 Å². The van der Waals surface area contributed by atoms with Crippen molar-refractivity contribution >= 4 is 23.0 Å². The van der Waals surface area contributed by atoms with Crippen LogP contribution in [-0.4, -0.2) is 41.2 Å². The number of anilines is 1. The molecular formula is C24H36N4OS. The molecular weight excluding hydrogens is 392 g/mol. The van der Waals surface area contributed by atoms with Gasteiger partial charge >= 0.3 is 0 Å². The maximum absolute atomic E-state index is 5.89. The van der Waals surface area contributed by atoms with Gasteiger partial charge in [0.2, 0.25) is 0 Å². The summed E-state index contributed by atoms with van der Waals surface area (Å²) in [5.41, 5.74) is 2.56. The van der Waals surface area contributed by atoms with E-state index >= 15 is 0 Å². The molecule has 2 heterocycles. The number of nitrogens with one attached hydrogen (secondary N) is 2. The monoisotopic (exact) mass is 428 g/mol. The van der Waals surface area contributed by atoms with E-state index in [1.165, 1.54) is 11.3 Å². The summed E-state index contributed by atoms with van der Waals surface area (Å²) in [4.78, 5) is 4.30. The molecule has 0 amide bonds. The largest absolute Gasteiger partial charge is 0.467 e. The maximum Gasteiger partial charge on any atom is 0.169 e. The van der Waals surface area contributed by atoms with Crippen molar-refractivity contribution in [3.63, 3.8) is 0 Å². The van der Waals surface area contributed by atoms with Gasteiger partial charge < -0.3 is 24.9 Å². The molecule has 0 unspecified atom stereocenters. The van der Waals surface area contributed by atoms with Crippen LogP contribution in [0.15, 0.2) is 47.1 Å². The summed E-state index contributed by atoms with van der Waals surface area (Å²) in [5, 5.41) is 8.18. The molecule has 0 aliphatic carbocycles. The van der Waals surface area contributed by atoms with E-state index in [4.69, 9.17) is 16.6 Å². The Morgan fingerprint density at radius 1 is 1.07 bits per heavy atom. The van der Waals surface area contributed by atoms with E-state index in [1.807, 2.05) is 12.1 Å². The quantitative estimate of drug-likeness (QED) is 0.659. The fourth-order valence-electron chi connectivity index (χ4n) is 4.60. The van der Waals surface area contributed by atoms with Crippen LogP contribution >= 0.6 is 12.2 Å². The molecule has 164 valence electrons. The van der Waals surface area contributed by atoms with Gasteiger partial charge in [-0.1, -0.05) is 12.1 Å². The number of furan rings is 1. The molecule has 0 radical (unpaired) electrons. The van der Waals surface area contributed by atoms with Crippen molar-refractivity contribution in [3.05, 3.63) is 54.0 Å². The van der Waals surface area contributed by atoms with E-state index < -0.39 is 0 Å². The van der Waals surface area contributed by atoms with Gasteiger partial charge in [0, 0.05) is 43.4 Å². The molecule has 3 rings (SSSR count). The van der Waals surface area contributed by atoms with Gasteiger partial charge in [-0.25, -0.2) is 0 Å². The number of rotatable bonds is 6. The minimum atomic E-state index is 0.0723. The molecule has 1 saturated heterocycles. The lowest BCUT2D eigenvalue weighted by Crippen LogP contribution is -2.62. The smallest absolute Gasteiger partial charge is 0.169 e.